The smallest absolute Gasteiger partial charge is 0.148 e. The molecule has 1 unspecified atom stereocenters. The first-order valence-corrected chi connectivity index (χ1v) is 6.50. The third-order valence-electron chi connectivity index (χ3n) is 2.81. The van der Waals surface area contributed by atoms with Crippen LogP contribution < -0.4 is 5.32 Å². The molecule has 96 valence electrons. The average molecular weight is 333 g/mol. The van der Waals surface area contributed by atoms with E-state index < -0.39 is 5.82 Å². The second kappa shape index (κ2) is 5.38. The van der Waals surface area contributed by atoms with Crippen LogP contribution in [0.1, 0.15) is 17.3 Å². The summed E-state index contributed by atoms with van der Waals surface area (Å²) in [6.45, 7) is 0. The van der Waals surface area contributed by atoms with Gasteiger partial charge >= 0.3 is 0 Å². The predicted octanol–water partition coefficient (Wildman–Crippen LogP) is 3.28. The summed E-state index contributed by atoms with van der Waals surface area (Å²) in [5.74, 6) is -0.424. The second-order valence-corrected chi connectivity index (χ2v) is 5.15. The van der Waals surface area contributed by atoms with Gasteiger partial charge in [-0.25, -0.2) is 9.37 Å². The van der Waals surface area contributed by atoms with Crippen molar-refractivity contribution in [1.82, 2.24) is 14.9 Å². The molecule has 0 fully saturated rings. The molecule has 0 saturated carbocycles. The highest BCUT2D eigenvalue weighted by atomic mass is 79.9. The Hall–Kier alpha value is -0.910. The summed E-state index contributed by atoms with van der Waals surface area (Å²) in [5.41, 5.74) is 1.36. The van der Waals surface area contributed by atoms with Gasteiger partial charge in [-0.2, -0.15) is 0 Å². The van der Waals surface area contributed by atoms with Crippen LogP contribution >= 0.6 is 27.5 Å². The Balaban J connectivity index is 2.53. The molecule has 1 atom stereocenters. The minimum atomic E-state index is -0.424. The molecule has 18 heavy (non-hydrogen) atoms. The number of aryl methyl sites for hydroxylation is 1. The summed E-state index contributed by atoms with van der Waals surface area (Å²) in [6.07, 6.45) is 3.38. The molecule has 0 saturated heterocycles. The van der Waals surface area contributed by atoms with Crippen LogP contribution in [0.4, 0.5) is 4.39 Å². The van der Waals surface area contributed by atoms with E-state index in [1.807, 2.05) is 11.6 Å². The SMILES string of the molecule is CNC(c1ccc(Br)c(Cl)c1F)c1cncn1C. The molecule has 2 rings (SSSR count). The van der Waals surface area contributed by atoms with Gasteiger partial charge in [0.05, 0.1) is 29.3 Å². The topological polar surface area (TPSA) is 29.9 Å². The third kappa shape index (κ3) is 2.30. The Morgan fingerprint density at radius 3 is 2.78 bits per heavy atom. The van der Waals surface area contributed by atoms with Crippen molar-refractivity contribution in [2.75, 3.05) is 7.05 Å². The van der Waals surface area contributed by atoms with Crippen LogP contribution in [-0.2, 0) is 7.05 Å². The minimum absolute atomic E-state index is 0.0925. The van der Waals surface area contributed by atoms with Crippen LogP contribution in [-0.4, -0.2) is 16.6 Å². The van der Waals surface area contributed by atoms with Crippen LogP contribution in [0.2, 0.25) is 5.02 Å². The molecule has 1 aromatic carbocycles. The highest BCUT2D eigenvalue weighted by Crippen LogP contribution is 2.32. The first-order valence-electron chi connectivity index (χ1n) is 5.33. The number of hydrogen-bond acceptors (Lipinski definition) is 2. The molecule has 1 heterocycles. The van der Waals surface area contributed by atoms with Crippen molar-refractivity contribution in [3.8, 4) is 0 Å². The lowest BCUT2D eigenvalue weighted by Gasteiger charge is -2.18. The lowest BCUT2D eigenvalue weighted by Crippen LogP contribution is -2.21. The Labute approximate surface area is 118 Å². The van der Waals surface area contributed by atoms with Crippen LogP contribution in [0, 0.1) is 5.82 Å². The van der Waals surface area contributed by atoms with Crippen molar-refractivity contribution < 1.29 is 4.39 Å². The molecule has 2 aromatic rings. The fourth-order valence-corrected chi connectivity index (χ4v) is 2.35. The molecular weight excluding hydrogens is 321 g/mol. The third-order valence-corrected chi connectivity index (χ3v) is 4.07. The molecule has 6 heteroatoms. The Morgan fingerprint density at radius 2 is 2.22 bits per heavy atom. The first-order chi connectivity index (χ1) is 8.56. The van der Waals surface area contributed by atoms with E-state index >= 15 is 0 Å². The van der Waals surface area contributed by atoms with E-state index in [9.17, 15) is 4.39 Å². The minimum Gasteiger partial charge on any atom is -0.336 e. The van der Waals surface area contributed by atoms with E-state index in [2.05, 4.69) is 26.2 Å². The maximum atomic E-state index is 14.2. The summed E-state index contributed by atoms with van der Waals surface area (Å²) in [7, 11) is 3.64. The van der Waals surface area contributed by atoms with Crippen molar-refractivity contribution in [2.45, 2.75) is 6.04 Å². The molecule has 0 aliphatic rings. The van der Waals surface area contributed by atoms with E-state index in [-0.39, 0.29) is 11.1 Å². The fourth-order valence-electron chi connectivity index (χ4n) is 1.87. The Bertz CT molecular complexity index is 570. The van der Waals surface area contributed by atoms with Crippen LogP contribution in [0.5, 0.6) is 0 Å². The van der Waals surface area contributed by atoms with Gasteiger partial charge in [-0.1, -0.05) is 17.7 Å². The van der Waals surface area contributed by atoms with Crippen LogP contribution in [0.3, 0.4) is 0 Å². The Morgan fingerprint density at radius 1 is 1.50 bits per heavy atom. The molecule has 1 aromatic heterocycles. The van der Waals surface area contributed by atoms with Gasteiger partial charge < -0.3 is 9.88 Å². The highest BCUT2D eigenvalue weighted by Gasteiger charge is 2.21. The summed E-state index contributed by atoms with van der Waals surface area (Å²) >= 11 is 9.12. The molecule has 0 amide bonds. The van der Waals surface area contributed by atoms with Gasteiger partial charge in [0, 0.05) is 17.1 Å². The van der Waals surface area contributed by atoms with Crippen LogP contribution in [0.15, 0.2) is 29.1 Å². The molecular formula is C12H12BrClFN3. The lowest BCUT2D eigenvalue weighted by molar-refractivity contribution is 0.561. The maximum absolute atomic E-state index is 14.2. The second-order valence-electron chi connectivity index (χ2n) is 3.92. The number of nitrogens with zero attached hydrogens (tertiary/aromatic N) is 2. The zero-order chi connectivity index (χ0) is 13.3. The lowest BCUT2D eigenvalue weighted by atomic mass is 10.0. The monoisotopic (exact) mass is 331 g/mol. The van der Waals surface area contributed by atoms with Gasteiger partial charge in [0.15, 0.2) is 0 Å². The van der Waals surface area contributed by atoms with Crippen molar-refractivity contribution in [3.63, 3.8) is 0 Å². The van der Waals surface area contributed by atoms with Gasteiger partial charge in [0.1, 0.15) is 5.82 Å². The number of rotatable bonds is 3. The molecule has 0 spiro atoms. The highest BCUT2D eigenvalue weighted by molar-refractivity contribution is 9.10. The molecule has 0 radical (unpaired) electrons. The number of halogens is 3. The zero-order valence-corrected chi connectivity index (χ0v) is 12.3. The van der Waals surface area contributed by atoms with Gasteiger partial charge in [-0.3, -0.25) is 0 Å². The fraction of sp³-hybridized carbons (Fsp3) is 0.250. The molecule has 0 bridgehead atoms. The summed E-state index contributed by atoms with van der Waals surface area (Å²) < 4.78 is 16.6. The van der Waals surface area contributed by atoms with E-state index in [0.29, 0.717) is 10.0 Å². The van der Waals surface area contributed by atoms with Crippen molar-refractivity contribution in [3.05, 3.63) is 51.2 Å². The van der Waals surface area contributed by atoms with E-state index in [1.165, 1.54) is 0 Å². The molecule has 1 N–H and O–H groups in total. The van der Waals surface area contributed by atoms with Gasteiger partial charge in [-0.05, 0) is 29.0 Å². The zero-order valence-electron chi connectivity index (χ0n) is 9.92. The number of nitrogens with one attached hydrogen (secondary N) is 1. The first kappa shape index (κ1) is 13.5. The van der Waals surface area contributed by atoms with Gasteiger partial charge in [0.25, 0.3) is 0 Å². The molecule has 0 aliphatic carbocycles. The van der Waals surface area contributed by atoms with Crippen LogP contribution in [0.25, 0.3) is 0 Å². The quantitative estimate of drug-likeness (QED) is 0.874. The number of benzene rings is 1. The Kier molecular flexibility index (Phi) is 4.04. The average Bonchev–Trinajstić information content (AvgIpc) is 2.77. The van der Waals surface area contributed by atoms with Gasteiger partial charge in [0.2, 0.25) is 0 Å². The van der Waals surface area contributed by atoms with E-state index in [0.717, 1.165) is 5.69 Å². The summed E-state index contributed by atoms with van der Waals surface area (Å²) in [4.78, 5) is 4.04. The standard InChI is InChI=1S/C12H12BrClFN3/c1-16-12(9-5-17-6-18(9)2)7-3-4-8(13)10(14)11(7)15/h3-6,12,16H,1-2H3. The molecule has 3 nitrogen and oxygen atoms in total. The van der Waals surface area contributed by atoms with Crippen molar-refractivity contribution in [1.29, 1.82) is 0 Å². The number of hydrogen-bond donors (Lipinski definition) is 1. The van der Waals surface area contributed by atoms with Gasteiger partial charge in [-0.15, -0.1) is 0 Å². The van der Waals surface area contributed by atoms with E-state index in [4.69, 9.17) is 11.6 Å². The van der Waals surface area contributed by atoms with E-state index in [1.54, 1.807) is 31.7 Å². The van der Waals surface area contributed by atoms with Crippen molar-refractivity contribution >= 4 is 27.5 Å². The largest absolute Gasteiger partial charge is 0.336 e. The number of aromatic nitrogens is 2. The summed E-state index contributed by atoms with van der Waals surface area (Å²) in [6, 6.07) is 3.16. The maximum Gasteiger partial charge on any atom is 0.148 e. The summed E-state index contributed by atoms with van der Waals surface area (Å²) in [5, 5.41) is 3.17. The van der Waals surface area contributed by atoms with Crippen molar-refractivity contribution in [2.24, 2.45) is 7.05 Å². The normalized spacial score (nSPS) is 12.7. The number of imidazole rings is 1. The molecule has 0 aliphatic heterocycles. The predicted molar refractivity (Wildman–Crippen MR) is 73.2 cm³/mol.